The minimum atomic E-state index is -0.355. The molecule has 1 aliphatic carbocycles. The lowest BCUT2D eigenvalue weighted by atomic mass is 9.95. The molecule has 0 unspecified atom stereocenters. The summed E-state index contributed by atoms with van der Waals surface area (Å²) in [5, 5.41) is 6.39. The standard InChI is InChI=1S/C20H31N5O2/c1-15(24-16-7-3-2-4-8-16)20(27)25-12-6-10-18(25)19(26)22-11-5-9-17-13-21-14-23-17/h5,9,13-16,18,24H,2-4,6-8,10-12H2,1H3,(H,21,23)(H,22,26)/b9-5+/t15-,18+/m1/s1. The summed E-state index contributed by atoms with van der Waals surface area (Å²) < 4.78 is 0. The Bertz CT molecular complexity index is 637. The molecule has 3 rings (SSSR count). The minimum Gasteiger partial charge on any atom is -0.351 e. The van der Waals surface area contributed by atoms with Crippen LogP contribution < -0.4 is 10.6 Å². The summed E-state index contributed by atoms with van der Waals surface area (Å²) in [5.41, 5.74) is 0.824. The summed E-state index contributed by atoms with van der Waals surface area (Å²) in [6, 6.07) is -0.160. The van der Waals surface area contributed by atoms with Gasteiger partial charge in [-0.15, -0.1) is 0 Å². The van der Waals surface area contributed by atoms with Crippen molar-refractivity contribution in [2.45, 2.75) is 70.0 Å². The second-order valence-corrected chi connectivity index (χ2v) is 7.55. The maximum Gasteiger partial charge on any atom is 0.243 e. The molecular formula is C20H31N5O2. The molecule has 1 aliphatic heterocycles. The van der Waals surface area contributed by atoms with Crippen molar-refractivity contribution in [3.8, 4) is 0 Å². The van der Waals surface area contributed by atoms with Gasteiger partial charge in [0.15, 0.2) is 0 Å². The van der Waals surface area contributed by atoms with Crippen molar-refractivity contribution in [2.24, 2.45) is 0 Å². The number of nitrogens with zero attached hydrogens (tertiary/aromatic N) is 2. The molecule has 148 valence electrons. The van der Waals surface area contributed by atoms with Crippen molar-refractivity contribution in [3.63, 3.8) is 0 Å². The Morgan fingerprint density at radius 1 is 1.30 bits per heavy atom. The van der Waals surface area contributed by atoms with Gasteiger partial charge in [0.05, 0.1) is 18.1 Å². The second-order valence-electron chi connectivity index (χ2n) is 7.55. The fourth-order valence-corrected chi connectivity index (χ4v) is 4.07. The molecule has 27 heavy (non-hydrogen) atoms. The topological polar surface area (TPSA) is 90.1 Å². The first-order chi connectivity index (χ1) is 13.1. The van der Waals surface area contributed by atoms with Gasteiger partial charge in [0.1, 0.15) is 6.04 Å². The van der Waals surface area contributed by atoms with E-state index in [0.29, 0.717) is 19.1 Å². The smallest absolute Gasteiger partial charge is 0.243 e. The number of nitrogens with one attached hydrogen (secondary N) is 3. The first-order valence-electron chi connectivity index (χ1n) is 10.1. The number of imidazole rings is 1. The predicted molar refractivity (Wildman–Crippen MR) is 105 cm³/mol. The highest BCUT2D eigenvalue weighted by atomic mass is 16.2. The highest BCUT2D eigenvalue weighted by Crippen LogP contribution is 2.21. The van der Waals surface area contributed by atoms with Crippen molar-refractivity contribution in [1.29, 1.82) is 0 Å². The number of hydrogen-bond donors (Lipinski definition) is 3. The quantitative estimate of drug-likeness (QED) is 0.680. The summed E-state index contributed by atoms with van der Waals surface area (Å²) in [7, 11) is 0. The van der Waals surface area contributed by atoms with Gasteiger partial charge in [-0.2, -0.15) is 0 Å². The zero-order valence-corrected chi connectivity index (χ0v) is 16.1. The summed E-state index contributed by atoms with van der Waals surface area (Å²) in [5.74, 6) is -0.0253. The Kier molecular flexibility index (Phi) is 7.04. The lowest BCUT2D eigenvalue weighted by Crippen LogP contribution is -2.53. The van der Waals surface area contributed by atoms with E-state index < -0.39 is 0 Å². The van der Waals surface area contributed by atoms with Gasteiger partial charge >= 0.3 is 0 Å². The molecule has 2 fully saturated rings. The van der Waals surface area contributed by atoms with E-state index >= 15 is 0 Å². The lowest BCUT2D eigenvalue weighted by molar-refractivity contribution is -0.139. The molecule has 2 aliphatic rings. The van der Waals surface area contributed by atoms with E-state index in [1.54, 1.807) is 17.4 Å². The molecule has 7 heteroatoms. The highest BCUT2D eigenvalue weighted by molar-refractivity contribution is 5.90. The normalized spacial score (nSPS) is 22.3. The third-order valence-corrected chi connectivity index (χ3v) is 5.50. The Morgan fingerprint density at radius 3 is 2.85 bits per heavy atom. The van der Waals surface area contributed by atoms with Gasteiger partial charge in [-0.25, -0.2) is 4.98 Å². The monoisotopic (exact) mass is 373 g/mol. The molecule has 2 amide bonds. The van der Waals surface area contributed by atoms with Crippen LogP contribution in [0.2, 0.25) is 0 Å². The average molecular weight is 374 g/mol. The van der Waals surface area contributed by atoms with E-state index in [1.807, 2.05) is 19.1 Å². The van der Waals surface area contributed by atoms with Crippen LogP contribution in [0.3, 0.4) is 0 Å². The first-order valence-corrected chi connectivity index (χ1v) is 10.1. The maximum atomic E-state index is 12.9. The predicted octanol–water partition coefficient (Wildman–Crippen LogP) is 1.84. The number of aromatic amines is 1. The number of hydrogen-bond acceptors (Lipinski definition) is 4. The van der Waals surface area contributed by atoms with Gasteiger partial charge in [-0.3, -0.25) is 9.59 Å². The van der Waals surface area contributed by atoms with Gasteiger partial charge < -0.3 is 20.5 Å². The van der Waals surface area contributed by atoms with E-state index in [2.05, 4.69) is 20.6 Å². The molecular weight excluding hydrogens is 342 g/mol. The molecule has 2 atom stereocenters. The van der Waals surface area contributed by atoms with Gasteiger partial charge in [0.25, 0.3) is 0 Å². The summed E-state index contributed by atoms with van der Waals surface area (Å²) in [6.07, 6.45) is 14.8. The third-order valence-electron chi connectivity index (χ3n) is 5.50. The van der Waals surface area contributed by atoms with Gasteiger partial charge in [-0.05, 0) is 38.7 Å². The SMILES string of the molecule is C[C@@H](NC1CCCCC1)C(=O)N1CCC[C@H]1C(=O)NC/C=C/c1c[nH]cn1. The van der Waals surface area contributed by atoms with Crippen LogP contribution in [0.4, 0.5) is 0 Å². The first kappa shape index (κ1) is 19.6. The van der Waals surface area contributed by atoms with E-state index in [-0.39, 0.29) is 23.9 Å². The molecule has 1 saturated heterocycles. The summed E-state index contributed by atoms with van der Waals surface area (Å²) in [4.78, 5) is 34.2. The van der Waals surface area contributed by atoms with E-state index in [0.717, 1.165) is 31.4 Å². The molecule has 2 heterocycles. The summed E-state index contributed by atoms with van der Waals surface area (Å²) >= 11 is 0. The molecule has 0 aromatic carbocycles. The number of H-pyrrole nitrogens is 1. The van der Waals surface area contributed by atoms with Gasteiger partial charge in [0.2, 0.25) is 11.8 Å². The number of amides is 2. The van der Waals surface area contributed by atoms with Crippen LogP contribution in [-0.4, -0.2) is 57.9 Å². The fraction of sp³-hybridized carbons (Fsp3) is 0.650. The van der Waals surface area contributed by atoms with Crippen LogP contribution in [0.25, 0.3) is 6.08 Å². The maximum absolute atomic E-state index is 12.9. The van der Waals surface area contributed by atoms with E-state index in [4.69, 9.17) is 0 Å². The molecule has 0 spiro atoms. The highest BCUT2D eigenvalue weighted by Gasteiger charge is 2.36. The Balaban J connectivity index is 1.47. The average Bonchev–Trinajstić information content (AvgIpc) is 3.37. The Hall–Kier alpha value is -2.15. The van der Waals surface area contributed by atoms with Crippen LogP contribution >= 0.6 is 0 Å². The molecule has 1 aromatic heterocycles. The number of aromatic nitrogens is 2. The van der Waals surface area contributed by atoms with Crippen LogP contribution in [0, 0.1) is 0 Å². The van der Waals surface area contributed by atoms with Crippen LogP contribution in [-0.2, 0) is 9.59 Å². The number of rotatable bonds is 7. The molecule has 7 nitrogen and oxygen atoms in total. The zero-order valence-electron chi connectivity index (χ0n) is 16.1. The molecule has 1 aromatic rings. The van der Waals surface area contributed by atoms with Crippen molar-refractivity contribution in [3.05, 3.63) is 24.3 Å². The Labute approximate surface area is 161 Å². The van der Waals surface area contributed by atoms with Crippen LogP contribution in [0.5, 0.6) is 0 Å². The molecule has 1 saturated carbocycles. The lowest BCUT2D eigenvalue weighted by Gasteiger charge is -2.30. The van der Waals surface area contributed by atoms with Crippen LogP contribution in [0.15, 0.2) is 18.6 Å². The van der Waals surface area contributed by atoms with Crippen molar-refractivity contribution in [2.75, 3.05) is 13.1 Å². The minimum absolute atomic E-state index is 0.0466. The zero-order chi connectivity index (χ0) is 19.1. The van der Waals surface area contributed by atoms with Gasteiger partial charge in [0, 0.05) is 25.3 Å². The molecule has 0 bridgehead atoms. The van der Waals surface area contributed by atoms with Crippen molar-refractivity contribution < 1.29 is 9.59 Å². The third kappa shape index (κ3) is 5.42. The second kappa shape index (κ2) is 9.69. The van der Waals surface area contributed by atoms with Crippen LogP contribution in [0.1, 0.15) is 57.6 Å². The number of likely N-dealkylation sites (tertiary alicyclic amines) is 1. The van der Waals surface area contributed by atoms with Crippen molar-refractivity contribution in [1.82, 2.24) is 25.5 Å². The largest absolute Gasteiger partial charge is 0.351 e. The van der Waals surface area contributed by atoms with E-state index in [9.17, 15) is 9.59 Å². The molecule has 0 radical (unpaired) electrons. The van der Waals surface area contributed by atoms with Gasteiger partial charge in [-0.1, -0.05) is 25.3 Å². The number of carbonyl (C=O) groups is 2. The molecule has 3 N–H and O–H groups in total. The van der Waals surface area contributed by atoms with E-state index in [1.165, 1.54) is 19.3 Å². The fourth-order valence-electron chi connectivity index (χ4n) is 4.07. The Morgan fingerprint density at radius 2 is 2.11 bits per heavy atom. The van der Waals surface area contributed by atoms with Crippen molar-refractivity contribution >= 4 is 17.9 Å². The number of carbonyl (C=O) groups excluding carboxylic acids is 2. The summed E-state index contributed by atoms with van der Waals surface area (Å²) in [6.45, 7) is 3.02.